The Bertz CT molecular complexity index is 1290. The van der Waals surface area contributed by atoms with Gasteiger partial charge in [-0.3, -0.25) is 0 Å². The van der Waals surface area contributed by atoms with Gasteiger partial charge in [0.15, 0.2) is 0 Å². The van der Waals surface area contributed by atoms with E-state index < -0.39 is 0 Å². The molecule has 0 saturated heterocycles. The molecular weight excluding hydrogens is 456 g/mol. The van der Waals surface area contributed by atoms with Crippen LogP contribution in [0, 0.1) is 0 Å². The first-order valence-electron chi connectivity index (χ1n) is 14.9. The molecule has 0 bridgehead atoms. The van der Waals surface area contributed by atoms with E-state index in [4.69, 9.17) is 0 Å². The Morgan fingerprint density at radius 1 is 0.474 bits per heavy atom. The summed E-state index contributed by atoms with van der Waals surface area (Å²) in [5.74, 6) is 0. The molecule has 3 aromatic carbocycles. The highest BCUT2D eigenvalue weighted by atomic mass is 14.4. The lowest BCUT2D eigenvalue weighted by molar-refractivity contribution is 0.332. The molecule has 0 heterocycles. The van der Waals surface area contributed by atoms with E-state index in [0.29, 0.717) is 0 Å². The minimum absolute atomic E-state index is 0.0152. The van der Waals surface area contributed by atoms with E-state index in [9.17, 15) is 0 Å². The Balaban J connectivity index is 1.72. The highest BCUT2D eigenvalue weighted by Crippen LogP contribution is 2.50. The Morgan fingerprint density at radius 3 is 1.16 bits per heavy atom. The summed E-state index contributed by atoms with van der Waals surface area (Å²) >= 11 is 0. The largest absolute Gasteiger partial charge is 0.0610 e. The maximum Gasteiger partial charge on any atom is -0.0100 e. The van der Waals surface area contributed by atoms with E-state index >= 15 is 0 Å². The monoisotopic (exact) mass is 506 g/mol. The normalized spacial score (nSPS) is 20.9. The molecule has 0 N–H and O–H groups in total. The van der Waals surface area contributed by atoms with Crippen molar-refractivity contribution in [3.05, 3.63) is 82.4 Å². The molecule has 0 aliphatic heterocycles. The molecule has 0 aromatic heterocycles. The molecule has 0 radical (unpaired) electrons. The van der Waals surface area contributed by atoms with Gasteiger partial charge in [0.25, 0.3) is 0 Å². The minimum Gasteiger partial charge on any atom is -0.0610 e. The fourth-order valence-corrected chi connectivity index (χ4v) is 7.35. The first-order chi connectivity index (χ1) is 17.4. The van der Waals surface area contributed by atoms with Gasteiger partial charge in [0, 0.05) is 0 Å². The van der Waals surface area contributed by atoms with Gasteiger partial charge in [-0.2, -0.15) is 0 Å². The average molecular weight is 507 g/mol. The third-order valence-electron chi connectivity index (χ3n) is 10.1. The zero-order valence-electron chi connectivity index (χ0n) is 26.0. The molecule has 38 heavy (non-hydrogen) atoms. The van der Waals surface area contributed by atoms with Crippen LogP contribution in [0.15, 0.2) is 54.6 Å². The first kappa shape index (κ1) is 27.2. The van der Waals surface area contributed by atoms with Crippen molar-refractivity contribution in [3.8, 4) is 22.3 Å². The maximum absolute atomic E-state index is 2.53. The summed E-state index contributed by atoms with van der Waals surface area (Å²) in [4.78, 5) is 0. The molecule has 0 spiro atoms. The second-order valence-electron chi connectivity index (χ2n) is 16.0. The second-order valence-corrected chi connectivity index (χ2v) is 16.0. The van der Waals surface area contributed by atoms with Crippen LogP contribution in [-0.4, -0.2) is 0 Å². The summed E-state index contributed by atoms with van der Waals surface area (Å²) < 4.78 is 0. The highest BCUT2D eigenvalue weighted by molar-refractivity contribution is 5.81. The second kappa shape index (κ2) is 8.58. The zero-order chi connectivity index (χ0) is 27.9. The molecule has 202 valence electrons. The lowest BCUT2D eigenvalue weighted by Crippen LogP contribution is -2.33. The van der Waals surface area contributed by atoms with Gasteiger partial charge >= 0.3 is 0 Å². The molecule has 2 aliphatic rings. The molecule has 0 unspecified atom stereocenters. The topological polar surface area (TPSA) is 0 Å². The van der Waals surface area contributed by atoms with Gasteiger partial charge in [0.05, 0.1) is 0 Å². The Labute approximate surface area is 233 Å². The van der Waals surface area contributed by atoms with Gasteiger partial charge in [-0.25, -0.2) is 0 Å². The quantitative estimate of drug-likeness (QED) is 0.324. The predicted octanol–water partition coefficient (Wildman–Crippen LogP) is 11.0. The summed E-state index contributed by atoms with van der Waals surface area (Å²) in [5.41, 5.74) is 14.0. The summed E-state index contributed by atoms with van der Waals surface area (Å²) in [5, 5.41) is 0. The van der Waals surface area contributed by atoms with Crippen molar-refractivity contribution in [3.63, 3.8) is 0 Å². The molecule has 0 atom stereocenters. The lowest BCUT2D eigenvalue weighted by atomic mass is 9.62. The summed E-state index contributed by atoms with van der Waals surface area (Å²) in [6.07, 6.45) is 4.98. The van der Waals surface area contributed by atoms with Crippen LogP contribution in [0.3, 0.4) is 0 Å². The van der Waals surface area contributed by atoms with Gasteiger partial charge < -0.3 is 0 Å². The van der Waals surface area contributed by atoms with Crippen molar-refractivity contribution in [2.45, 2.75) is 129 Å². The van der Waals surface area contributed by atoms with Crippen LogP contribution in [0.2, 0.25) is 0 Å². The molecule has 0 nitrogen and oxygen atoms in total. The number of fused-ring (bicyclic) bond motifs is 2. The van der Waals surface area contributed by atoms with Crippen molar-refractivity contribution < 1.29 is 0 Å². The van der Waals surface area contributed by atoms with Crippen LogP contribution >= 0.6 is 0 Å². The predicted molar refractivity (Wildman–Crippen MR) is 167 cm³/mol. The van der Waals surface area contributed by atoms with Gasteiger partial charge in [-0.05, 0) is 103 Å². The Kier molecular flexibility index (Phi) is 6.15. The van der Waals surface area contributed by atoms with E-state index in [1.54, 1.807) is 0 Å². The van der Waals surface area contributed by atoms with Crippen molar-refractivity contribution in [2.24, 2.45) is 0 Å². The van der Waals surface area contributed by atoms with Gasteiger partial charge in [-0.1, -0.05) is 131 Å². The van der Waals surface area contributed by atoms with Gasteiger partial charge in [0.1, 0.15) is 0 Å². The molecule has 0 saturated carbocycles. The molecule has 3 aromatic rings. The summed E-state index contributed by atoms with van der Waals surface area (Å²) in [7, 11) is 0. The minimum atomic E-state index is 0.0152. The number of benzene rings is 3. The van der Waals surface area contributed by atoms with E-state index in [2.05, 4.69) is 131 Å². The SMILES string of the molecule is CC(C)(C)c1c(-c2ccc3c(c2)C(C)(C)CCC3(C)C)cccc1-c1ccc2c(c1)C(C)(C)CCC2(C)C. The Morgan fingerprint density at radius 2 is 0.816 bits per heavy atom. The zero-order valence-corrected chi connectivity index (χ0v) is 26.0. The van der Waals surface area contributed by atoms with Crippen LogP contribution in [0.25, 0.3) is 22.3 Å². The highest BCUT2D eigenvalue weighted by Gasteiger charge is 2.39. The number of hydrogen-bond donors (Lipinski definition) is 0. The van der Waals surface area contributed by atoms with Crippen molar-refractivity contribution in [2.75, 3.05) is 0 Å². The fraction of sp³-hybridized carbons (Fsp3) is 0.526. The van der Waals surface area contributed by atoms with Crippen LogP contribution in [0.1, 0.15) is 130 Å². The number of rotatable bonds is 2. The third kappa shape index (κ3) is 4.47. The van der Waals surface area contributed by atoms with Crippen molar-refractivity contribution in [1.82, 2.24) is 0 Å². The van der Waals surface area contributed by atoms with E-state index in [1.807, 2.05) is 0 Å². The van der Waals surface area contributed by atoms with Crippen molar-refractivity contribution >= 4 is 0 Å². The van der Waals surface area contributed by atoms with E-state index in [1.165, 1.54) is 75.8 Å². The van der Waals surface area contributed by atoms with E-state index in [-0.39, 0.29) is 27.1 Å². The summed E-state index contributed by atoms with van der Waals surface area (Å²) in [6.45, 7) is 26.5. The number of hydrogen-bond acceptors (Lipinski definition) is 0. The third-order valence-corrected chi connectivity index (χ3v) is 10.1. The molecule has 0 fully saturated rings. The summed E-state index contributed by atoms with van der Waals surface area (Å²) in [6, 6.07) is 21.7. The Hall–Kier alpha value is -2.34. The molecule has 0 heteroatoms. The van der Waals surface area contributed by atoms with Crippen LogP contribution in [-0.2, 0) is 27.1 Å². The standard InChI is InChI=1S/C38H50/c1-34(2,3)33-27(25-15-17-29-31(23-25)37(8,9)21-19-35(29,4)5)13-12-14-28(33)26-16-18-30-32(24-26)38(10,11)22-20-36(30,6)7/h12-18,23-24H,19-22H2,1-11H3. The van der Waals surface area contributed by atoms with Crippen LogP contribution < -0.4 is 0 Å². The molecular formula is C38H50. The van der Waals surface area contributed by atoms with Crippen LogP contribution in [0.4, 0.5) is 0 Å². The molecule has 5 rings (SSSR count). The average Bonchev–Trinajstić information content (AvgIpc) is 2.83. The first-order valence-corrected chi connectivity index (χ1v) is 14.9. The van der Waals surface area contributed by atoms with E-state index in [0.717, 1.165) is 0 Å². The lowest BCUT2D eigenvalue weighted by Gasteiger charge is -2.42. The van der Waals surface area contributed by atoms with Crippen molar-refractivity contribution in [1.29, 1.82) is 0 Å². The molecule has 0 amide bonds. The van der Waals surface area contributed by atoms with Gasteiger partial charge in [-0.15, -0.1) is 0 Å². The maximum atomic E-state index is 2.53. The van der Waals surface area contributed by atoms with Gasteiger partial charge in [0.2, 0.25) is 0 Å². The molecule has 2 aliphatic carbocycles. The smallest absolute Gasteiger partial charge is 0.0100 e. The van der Waals surface area contributed by atoms with Crippen LogP contribution in [0.5, 0.6) is 0 Å². The fourth-order valence-electron chi connectivity index (χ4n) is 7.35.